The van der Waals surface area contributed by atoms with Crippen molar-refractivity contribution in [3.8, 4) is 0 Å². The molecule has 0 aliphatic heterocycles. The summed E-state index contributed by atoms with van der Waals surface area (Å²) >= 11 is 6.34. The normalized spacial score (nSPS) is 17.8. The van der Waals surface area contributed by atoms with E-state index in [1.54, 1.807) is 0 Å². The number of rotatable bonds is 7. The topological polar surface area (TPSA) is 12.0 Å². The summed E-state index contributed by atoms with van der Waals surface area (Å²) in [4.78, 5) is 0. The molecule has 1 aromatic rings. The van der Waals surface area contributed by atoms with E-state index in [2.05, 4.69) is 31.3 Å². The molecule has 1 unspecified atom stereocenters. The Morgan fingerprint density at radius 2 is 1.85 bits per heavy atom. The highest BCUT2D eigenvalue weighted by molar-refractivity contribution is 6.31. The van der Waals surface area contributed by atoms with E-state index in [1.165, 1.54) is 31.2 Å². The summed E-state index contributed by atoms with van der Waals surface area (Å²) in [5.74, 6) is 2.33. The molecule has 1 N–H and O–H groups in total. The molecule has 1 nitrogen and oxygen atoms in total. The van der Waals surface area contributed by atoms with Gasteiger partial charge in [-0.25, -0.2) is 0 Å². The predicted octanol–water partition coefficient (Wildman–Crippen LogP) is 4.93. The first-order chi connectivity index (χ1) is 9.66. The minimum atomic E-state index is 0.722. The second-order valence-corrected chi connectivity index (χ2v) is 7.06. The maximum atomic E-state index is 6.34. The Balaban J connectivity index is 1.96. The van der Waals surface area contributed by atoms with Gasteiger partial charge in [0.05, 0.1) is 0 Å². The smallest absolute Gasteiger partial charge is 0.0438 e. The van der Waals surface area contributed by atoms with Gasteiger partial charge in [0.25, 0.3) is 0 Å². The lowest BCUT2D eigenvalue weighted by atomic mass is 9.85. The van der Waals surface area contributed by atoms with Crippen LogP contribution in [-0.2, 0) is 6.42 Å². The Bertz CT molecular complexity index is 396. The predicted molar refractivity (Wildman–Crippen MR) is 88.3 cm³/mol. The van der Waals surface area contributed by atoms with Gasteiger partial charge < -0.3 is 5.32 Å². The first kappa shape index (κ1) is 15.9. The Hall–Kier alpha value is -0.530. The van der Waals surface area contributed by atoms with Crippen LogP contribution in [0.1, 0.15) is 45.1 Å². The summed E-state index contributed by atoms with van der Waals surface area (Å²) in [6, 6.07) is 8.33. The van der Waals surface area contributed by atoms with Gasteiger partial charge in [-0.3, -0.25) is 0 Å². The van der Waals surface area contributed by atoms with Crippen molar-refractivity contribution in [3.63, 3.8) is 0 Å². The minimum absolute atomic E-state index is 0.722. The molecule has 0 heterocycles. The molecule has 1 aliphatic carbocycles. The molecule has 0 aromatic heterocycles. The highest BCUT2D eigenvalue weighted by atomic mass is 35.5. The molecule has 1 atom stereocenters. The van der Waals surface area contributed by atoms with Crippen LogP contribution in [0.25, 0.3) is 0 Å². The quantitative estimate of drug-likeness (QED) is 0.751. The third-order valence-electron chi connectivity index (χ3n) is 4.47. The maximum Gasteiger partial charge on any atom is 0.0438 e. The van der Waals surface area contributed by atoms with E-state index in [0.717, 1.165) is 42.3 Å². The van der Waals surface area contributed by atoms with Crippen LogP contribution in [-0.4, -0.2) is 13.1 Å². The SMILES string of the molecule is CC(C)CNCC(Cc1ccccc1Cl)C1CCCC1. The monoisotopic (exact) mass is 293 g/mol. The third kappa shape index (κ3) is 4.79. The van der Waals surface area contributed by atoms with Gasteiger partial charge in [0.15, 0.2) is 0 Å². The van der Waals surface area contributed by atoms with E-state index < -0.39 is 0 Å². The summed E-state index contributed by atoms with van der Waals surface area (Å²) in [5, 5.41) is 4.59. The first-order valence-corrected chi connectivity index (χ1v) is 8.48. The molecular weight excluding hydrogens is 266 g/mol. The lowest BCUT2D eigenvalue weighted by Gasteiger charge is -2.25. The minimum Gasteiger partial charge on any atom is -0.316 e. The lowest BCUT2D eigenvalue weighted by Crippen LogP contribution is -2.31. The van der Waals surface area contributed by atoms with Gasteiger partial charge >= 0.3 is 0 Å². The van der Waals surface area contributed by atoms with Gasteiger partial charge in [-0.15, -0.1) is 0 Å². The van der Waals surface area contributed by atoms with Crippen LogP contribution in [0.2, 0.25) is 5.02 Å². The largest absolute Gasteiger partial charge is 0.316 e. The Labute approximate surface area is 129 Å². The number of hydrogen-bond donors (Lipinski definition) is 1. The van der Waals surface area contributed by atoms with E-state index in [4.69, 9.17) is 11.6 Å². The molecule has 1 aliphatic rings. The van der Waals surface area contributed by atoms with Gasteiger partial charge in [-0.05, 0) is 48.9 Å². The van der Waals surface area contributed by atoms with Crippen molar-refractivity contribution < 1.29 is 0 Å². The van der Waals surface area contributed by atoms with Crippen molar-refractivity contribution in [2.45, 2.75) is 46.0 Å². The average Bonchev–Trinajstić information content (AvgIpc) is 2.93. The van der Waals surface area contributed by atoms with E-state index in [9.17, 15) is 0 Å². The third-order valence-corrected chi connectivity index (χ3v) is 4.83. The average molecular weight is 294 g/mol. The highest BCUT2D eigenvalue weighted by Gasteiger charge is 2.25. The highest BCUT2D eigenvalue weighted by Crippen LogP contribution is 2.34. The molecule has 0 saturated heterocycles. The molecule has 2 rings (SSSR count). The maximum absolute atomic E-state index is 6.34. The molecule has 0 spiro atoms. The van der Waals surface area contributed by atoms with Crippen LogP contribution >= 0.6 is 11.6 Å². The van der Waals surface area contributed by atoms with E-state index >= 15 is 0 Å². The summed E-state index contributed by atoms with van der Waals surface area (Å²) in [7, 11) is 0. The number of nitrogens with one attached hydrogen (secondary N) is 1. The zero-order valence-electron chi connectivity index (χ0n) is 12.9. The fraction of sp³-hybridized carbons (Fsp3) is 0.667. The van der Waals surface area contributed by atoms with E-state index in [-0.39, 0.29) is 0 Å². The summed E-state index contributed by atoms with van der Waals surface area (Å²) in [6.45, 7) is 6.79. The molecular formula is C18H28ClN. The fourth-order valence-electron chi connectivity index (χ4n) is 3.34. The standard InChI is InChI=1S/C18H28ClN/c1-14(2)12-20-13-17(15-7-3-4-8-15)11-16-9-5-6-10-18(16)19/h5-6,9-10,14-15,17,20H,3-4,7-8,11-13H2,1-2H3. The van der Waals surface area contributed by atoms with Gasteiger partial charge in [0, 0.05) is 5.02 Å². The van der Waals surface area contributed by atoms with Gasteiger partial charge in [-0.2, -0.15) is 0 Å². The van der Waals surface area contributed by atoms with Crippen molar-refractivity contribution in [2.75, 3.05) is 13.1 Å². The second-order valence-electron chi connectivity index (χ2n) is 6.65. The van der Waals surface area contributed by atoms with Crippen molar-refractivity contribution in [1.82, 2.24) is 5.32 Å². The summed E-state index contributed by atoms with van der Waals surface area (Å²) in [6.07, 6.45) is 6.74. The molecule has 0 radical (unpaired) electrons. The number of benzene rings is 1. The van der Waals surface area contributed by atoms with Crippen LogP contribution in [0.15, 0.2) is 24.3 Å². The van der Waals surface area contributed by atoms with Crippen LogP contribution in [0, 0.1) is 17.8 Å². The Morgan fingerprint density at radius 1 is 1.15 bits per heavy atom. The Kier molecular flexibility index (Phi) is 6.38. The van der Waals surface area contributed by atoms with Gasteiger partial charge in [-0.1, -0.05) is 69.3 Å². The number of hydrogen-bond acceptors (Lipinski definition) is 1. The van der Waals surface area contributed by atoms with Crippen molar-refractivity contribution in [2.24, 2.45) is 17.8 Å². The zero-order valence-corrected chi connectivity index (χ0v) is 13.6. The van der Waals surface area contributed by atoms with Crippen LogP contribution < -0.4 is 5.32 Å². The first-order valence-electron chi connectivity index (χ1n) is 8.11. The van der Waals surface area contributed by atoms with Crippen LogP contribution in [0.3, 0.4) is 0 Å². The molecule has 112 valence electrons. The molecule has 0 bridgehead atoms. The van der Waals surface area contributed by atoms with Crippen molar-refractivity contribution in [1.29, 1.82) is 0 Å². The molecule has 2 heteroatoms. The summed E-state index contributed by atoms with van der Waals surface area (Å²) < 4.78 is 0. The van der Waals surface area contributed by atoms with Gasteiger partial charge in [0.1, 0.15) is 0 Å². The molecule has 20 heavy (non-hydrogen) atoms. The second kappa shape index (κ2) is 8.05. The van der Waals surface area contributed by atoms with Crippen LogP contribution in [0.5, 0.6) is 0 Å². The zero-order chi connectivity index (χ0) is 14.4. The lowest BCUT2D eigenvalue weighted by molar-refractivity contribution is 0.316. The molecule has 1 fully saturated rings. The van der Waals surface area contributed by atoms with E-state index in [0.29, 0.717) is 0 Å². The van der Waals surface area contributed by atoms with Crippen LogP contribution in [0.4, 0.5) is 0 Å². The molecule has 1 aromatic carbocycles. The van der Waals surface area contributed by atoms with E-state index in [1.807, 2.05) is 12.1 Å². The Morgan fingerprint density at radius 3 is 2.50 bits per heavy atom. The summed E-state index contributed by atoms with van der Waals surface area (Å²) in [5.41, 5.74) is 1.32. The fourth-order valence-corrected chi connectivity index (χ4v) is 3.55. The van der Waals surface area contributed by atoms with Crippen molar-refractivity contribution in [3.05, 3.63) is 34.9 Å². The number of halogens is 1. The van der Waals surface area contributed by atoms with Crippen molar-refractivity contribution >= 4 is 11.6 Å². The molecule has 0 amide bonds. The molecule has 1 saturated carbocycles. The van der Waals surface area contributed by atoms with Gasteiger partial charge in [0.2, 0.25) is 0 Å².